The Balaban J connectivity index is 2.54. The van der Waals surface area contributed by atoms with Crippen molar-refractivity contribution >= 4 is 11.7 Å². The van der Waals surface area contributed by atoms with Gasteiger partial charge in [-0.2, -0.15) is 0 Å². The maximum atomic E-state index is 11.3. The van der Waals surface area contributed by atoms with E-state index in [1.807, 2.05) is 0 Å². The number of nitrogens with two attached hydrogens (primary N) is 1. The van der Waals surface area contributed by atoms with Crippen LogP contribution in [0.3, 0.4) is 0 Å². The number of nitrogens with one attached hydrogen (secondary N) is 1. The van der Waals surface area contributed by atoms with Gasteiger partial charge in [-0.1, -0.05) is 0 Å². The molecule has 5 heteroatoms. The molecule has 1 aromatic carbocycles. The lowest BCUT2D eigenvalue weighted by Gasteiger charge is -2.12. The summed E-state index contributed by atoms with van der Waals surface area (Å²) in [6.07, 6.45) is 0. The lowest BCUT2D eigenvalue weighted by atomic mass is 10.3. The maximum Gasteiger partial charge on any atom is 0.321 e. The quantitative estimate of drug-likeness (QED) is 0.803. The van der Waals surface area contributed by atoms with Crippen LogP contribution in [0.25, 0.3) is 0 Å². The van der Waals surface area contributed by atoms with E-state index < -0.39 is 0 Å². The van der Waals surface area contributed by atoms with Gasteiger partial charge in [0.2, 0.25) is 0 Å². The van der Waals surface area contributed by atoms with Crippen LogP contribution >= 0.6 is 0 Å². The molecule has 88 valence electrons. The number of rotatable bonds is 4. The predicted molar refractivity (Wildman–Crippen MR) is 63.7 cm³/mol. The number of carbonyl (C=O) groups excluding carboxylic acids is 1. The number of anilines is 1. The van der Waals surface area contributed by atoms with Crippen molar-refractivity contribution in [2.45, 2.75) is 0 Å². The molecule has 0 fully saturated rings. The monoisotopic (exact) mass is 223 g/mol. The summed E-state index contributed by atoms with van der Waals surface area (Å²) in [4.78, 5) is 12.8. The molecule has 3 N–H and O–H groups in total. The molecule has 0 aliphatic carbocycles. The molecule has 0 aliphatic heterocycles. The zero-order valence-corrected chi connectivity index (χ0v) is 9.56. The Morgan fingerprint density at radius 3 is 2.50 bits per heavy atom. The van der Waals surface area contributed by atoms with E-state index >= 15 is 0 Å². The van der Waals surface area contributed by atoms with E-state index in [9.17, 15) is 4.79 Å². The van der Waals surface area contributed by atoms with Crippen LogP contribution in [0.15, 0.2) is 24.3 Å². The second-order valence-electron chi connectivity index (χ2n) is 3.49. The summed E-state index contributed by atoms with van der Waals surface area (Å²) in [5.41, 5.74) is 6.05. The first-order valence-corrected chi connectivity index (χ1v) is 5.04. The number of hydrogen-bond acceptors (Lipinski definition) is 3. The van der Waals surface area contributed by atoms with Crippen LogP contribution in [0.5, 0.6) is 5.75 Å². The molecule has 1 aromatic rings. The Bertz CT molecular complexity index is 336. The average molecular weight is 223 g/mol. The molecular formula is C11H17N3O2. The smallest absolute Gasteiger partial charge is 0.321 e. The van der Waals surface area contributed by atoms with Gasteiger partial charge in [-0.3, -0.25) is 0 Å². The van der Waals surface area contributed by atoms with Gasteiger partial charge in [-0.15, -0.1) is 0 Å². The van der Waals surface area contributed by atoms with Crippen molar-refractivity contribution in [1.82, 2.24) is 4.90 Å². The maximum absolute atomic E-state index is 11.3. The van der Waals surface area contributed by atoms with E-state index in [-0.39, 0.29) is 6.03 Å². The number of urea groups is 1. The van der Waals surface area contributed by atoms with Gasteiger partial charge in [-0.05, 0) is 24.3 Å². The van der Waals surface area contributed by atoms with Gasteiger partial charge in [0.25, 0.3) is 0 Å². The highest BCUT2D eigenvalue weighted by molar-refractivity contribution is 5.88. The standard InChI is InChI=1S/C11H17N3O2/c1-14(2)11(15)13-9-3-5-10(6-4-9)16-8-7-12/h3-6H,7-8,12H2,1-2H3,(H,13,15). The normalized spacial score (nSPS) is 9.69. The Morgan fingerprint density at radius 1 is 1.38 bits per heavy atom. The Hall–Kier alpha value is -1.75. The molecular weight excluding hydrogens is 206 g/mol. The van der Waals surface area contributed by atoms with Gasteiger partial charge in [0.1, 0.15) is 12.4 Å². The van der Waals surface area contributed by atoms with Crippen LogP contribution in [-0.4, -0.2) is 38.2 Å². The van der Waals surface area contributed by atoms with Gasteiger partial charge in [0, 0.05) is 26.3 Å². The van der Waals surface area contributed by atoms with Crippen molar-refractivity contribution < 1.29 is 9.53 Å². The first kappa shape index (κ1) is 12.3. The third kappa shape index (κ3) is 3.78. The molecule has 5 nitrogen and oxygen atoms in total. The first-order chi connectivity index (χ1) is 7.63. The highest BCUT2D eigenvalue weighted by atomic mass is 16.5. The van der Waals surface area contributed by atoms with Gasteiger partial charge < -0.3 is 20.7 Å². The zero-order chi connectivity index (χ0) is 12.0. The molecule has 0 heterocycles. The van der Waals surface area contributed by atoms with E-state index in [0.29, 0.717) is 13.2 Å². The van der Waals surface area contributed by atoms with E-state index in [2.05, 4.69) is 5.32 Å². The number of amides is 2. The first-order valence-electron chi connectivity index (χ1n) is 5.04. The fourth-order valence-corrected chi connectivity index (χ4v) is 1.05. The molecule has 0 spiro atoms. The van der Waals surface area contributed by atoms with E-state index in [4.69, 9.17) is 10.5 Å². The van der Waals surface area contributed by atoms with Crippen LogP contribution in [0.1, 0.15) is 0 Å². The van der Waals surface area contributed by atoms with Crippen molar-refractivity contribution in [3.8, 4) is 5.75 Å². The number of ether oxygens (including phenoxy) is 1. The Labute approximate surface area is 95.2 Å². The van der Waals surface area contributed by atoms with Crippen LogP contribution in [-0.2, 0) is 0 Å². The second-order valence-corrected chi connectivity index (χ2v) is 3.49. The summed E-state index contributed by atoms with van der Waals surface area (Å²) in [6, 6.07) is 7.00. The van der Waals surface area contributed by atoms with Crippen LogP contribution in [0.2, 0.25) is 0 Å². The molecule has 0 saturated heterocycles. The summed E-state index contributed by atoms with van der Waals surface area (Å²) in [7, 11) is 3.38. The van der Waals surface area contributed by atoms with Crippen molar-refractivity contribution in [1.29, 1.82) is 0 Å². The molecule has 0 saturated carbocycles. The topological polar surface area (TPSA) is 67.6 Å². The predicted octanol–water partition coefficient (Wildman–Crippen LogP) is 1.12. The molecule has 0 bridgehead atoms. The van der Waals surface area contributed by atoms with Crippen molar-refractivity contribution in [3.05, 3.63) is 24.3 Å². The largest absolute Gasteiger partial charge is 0.492 e. The number of carbonyl (C=O) groups is 1. The molecule has 2 amide bonds. The Morgan fingerprint density at radius 2 is 2.00 bits per heavy atom. The van der Waals surface area contributed by atoms with Crippen molar-refractivity contribution in [3.63, 3.8) is 0 Å². The molecule has 0 aliphatic rings. The summed E-state index contributed by atoms with van der Waals surface area (Å²) >= 11 is 0. The van der Waals surface area contributed by atoms with Gasteiger partial charge in [-0.25, -0.2) is 4.79 Å². The minimum Gasteiger partial charge on any atom is -0.492 e. The highest BCUT2D eigenvalue weighted by Crippen LogP contribution is 2.15. The molecule has 1 rings (SSSR count). The lowest BCUT2D eigenvalue weighted by molar-refractivity contribution is 0.230. The zero-order valence-electron chi connectivity index (χ0n) is 9.56. The van der Waals surface area contributed by atoms with E-state index in [0.717, 1.165) is 11.4 Å². The summed E-state index contributed by atoms with van der Waals surface area (Å²) < 4.78 is 5.31. The molecule has 0 atom stereocenters. The molecule has 0 aromatic heterocycles. The fourth-order valence-electron chi connectivity index (χ4n) is 1.05. The number of benzene rings is 1. The molecule has 0 radical (unpaired) electrons. The van der Waals surface area contributed by atoms with Crippen molar-refractivity contribution in [2.24, 2.45) is 5.73 Å². The van der Waals surface area contributed by atoms with E-state index in [1.54, 1.807) is 38.4 Å². The summed E-state index contributed by atoms with van der Waals surface area (Å²) in [5, 5.41) is 2.73. The average Bonchev–Trinajstić information content (AvgIpc) is 2.28. The van der Waals surface area contributed by atoms with E-state index in [1.165, 1.54) is 4.90 Å². The number of hydrogen-bond donors (Lipinski definition) is 2. The second kappa shape index (κ2) is 5.97. The van der Waals surface area contributed by atoms with Gasteiger partial charge in [0.15, 0.2) is 0 Å². The molecule has 0 unspecified atom stereocenters. The Kier molecular flexibility index (Phi) is 4.60. The van der Waals surface area contributed by atoms with Gasteiger partial charge >= 0.3 is 6.03 Å². The minimum atomic E-state index is -0.157. The lowest BCUT2D eigenvalue weighted by Crippen LogP contribution is -2.27. The fraction of sp³-hybridized carbons (Fsp3) is 0.364. The summed E-state index contributed by atoms with van der Waals surface area (Å²) in [6.45, 7) is 0.975. The minimum absolute atomic E-state index is 0.157. The van der Waals surface area contributed by atoms with Crippen molar-refractivity contribution in [2.75, 3.05) is 32.6 Å². The van der Waals surface area contributed by atoms with Gasteiger partial charge in [0.05, 0.1) is 0 Å². The van der Waals surface area contributed by atoms with Crippen LogP contribution in [0.4, 0.5) is 10.5 Å². The SMILES string of the molecule is CN(C)C(=O)Nc1ccc(OCCN)cc1. The third-order valence-corrected chi connectivity index (χ3v) is 1.90. The third-order valence-electron chi connectivity index (χ3n) is 1.90. The number of nitrogens with zero attached hydrogens (tertiary/aromatic N) is 1. The van der Waals surface area contributed by atoms with Crippen LogP contribution in [0, 0.1) is 0 Å². The summed E-state index contributed by atoms with van der Waals surface area (Å²) in [5.74, 6) is 0.744. The highest BCUT2D eigenvalue weighted by Gasteiger charge is 2.03. The van der Waals surface area contributed by atoms with Crippen LogP contribution < -0.4 is 15.8 Å². The molecule has 16 heavy (non-hydrogen) atoms.